The maximum absolute atomic E-state index is 14.0. The van der Waals surface area contributed by atoms with Gasteiger partial charge in [-0.1, -0.05) is 74.2 Å². The molecule has 2 aromatic rings. The molecule has 2 fully saturated rings. The van der Waals surface area contributed by atoms with Crippen LogP contribution in [-0.2, 0) is 14.3 Å². The summed E-state index contributed by atoms with van der Waals surface area (Å²) >= 11 is 0. The van der Waals surface area contributed by atoms with Crippen LogP contribution < -0.4 is 0 Å². The first kappa shape index (κ1) is 29.9. The number of piperidine rings is 1. The molecule has 5 rings (SSSR count). The second kappa shape index (κ2) is 12.4. The molecule has 3 aliphatic rings. The lowest BCUT2D eigenvalue weighted by Gasteiger charge is -2.46. The molecule has 42 heavy (non-hydrogen) atoms. The molecule has 1 N–H and O–H groups in total. The molecule has 0 radical (unpaired) electrons. The van der Waals surface area contributed by atoms with Crippen LogP contribution in [0.1, 0.15) is 89.2 Å². The smallest absolute Gasteiger partial charge is 0.410 e. The van der Waals surface area contributed by atoms with Crippen LogP contribution in [-0.4, -0.2) is 70.4 Å². The summed E-state index contributed by atoms with van der Waals surface area (Å²) in [4.78, 5) is 42.9. The molecule has 2 aromatic carbocycles. The highest BCUT2D eigenvalue weighted by Gasteiger charge is 2.51. The number of benzene rings is 2. The predicted molar refractivity (Wildman–Crippen MR) is 160 cm³/mol. The maximum atomic E-state index is 14.0. The van der Waals surface area contributed by atoms with Gasteiger partial charge in [-0.25, -0.2) is 14.4 Å². The molecule has 1 saturated heterocycles. The first-order chi connectivity index (χ1) is 20.1. The second-order valence-corrected chi connectivity index (χ2v) is 13.1. The molecule has 1 aliphatic heterocycles. The van der Waals surface area contributed by atoms with E-state index in [-0.39, 0.29) is 32.0 Å². The SMILES string of the molecule is CC(C)(C)OC(=O)N1CCCC(C(=O)O)(N(CCCC2CCCC2)C(=O)OCC2c3ccccc3-c3ccccc32)C1. The molecule has 0 spiro atoms. The predicted octanol–water partition coefficient (Wildman–Crippen LogP) is 7.06. The number of carboxylic acids is 1. The van der Waals surface area contributed by atoms with E-state index in [2.05, 4.69) is 24.3 Å². The van der Waals surface area contributed by atoms with Gasteiger partial charge in [0, 0.05) is 19.0 Å². The van der Waals surface area contributed by atoms with Gasteiger partial charge < -0.3 is 19.5 Å². The van der Waals surface area contributed by atoms with Crippen LogP contribution in [0.5, 0.6) is 0 Å². The van der Waals surface area contributed by atoms with E-state index in [1.54, 1.807) is 20.8 Å². The third kappa shape index (κ3) is 6.27. The molecule has 8 nitrogen and oxygen atoms in total. The van der Waals surface area contributed by atoms with E-state index in [0.717, 1.165) is 28.7 Å². The van der Waals surface area contributed by atoms with E-state index < -0.39 is 29.3 Å². The van der Waals surface area contributed by atoms with Gasteiger partial charge in [0.2, 0.25) is 0 Å². The van der Waals surface area contributed by atoms with Gasteiger partial charge in [0.05, 0.1) is 6.54 Å². The Kier molecular flexibility index (Phi) is 8.81. The number of carbonyl (C=O) groups excluding carboxylic acids is 2. The number of carboxylic acid groups (broad SMARTS) is 1. The van der Waals surface area contributed by atoms with Crippen molar-refractivity contribution in [3.05, 3.63) is 59.7 Å². The lowest BCUT2D eigenvalue weighted by molar-refractivity contribution is -0.154. The fraction of sp³-hybridized carbons (Fsp3) is 0.559. The summed E-state index contributed by atoms with van der Waals surface area (Å²) in [7, 11) is 0. The lowest BCUT2D eigenvalue weighted by atomic mass is 9.86. The third-order valence-corrected chi connectivity index (χ3v) is 9.06. The van der Waals surface area contributed by atoms with E-state index in [0.29, 0.717) is 25.3 Å². The number of hydrogen-bond acceptors (Lipinski definition) is 5. The summed E-state index contributed by atoms with van der Waals surface area (Å²) < 4.78 is 11.6. The van der Waals surface area contributed by atoms with Crippen molar-refractivity contribution >= 4 is 18.2 Å². The van der Waals surface area contributed by atoms with Gasteiger partial charge in [0.1, 0.15) is 12.2 Å². The summed E-state index contributed by atoms with van der Waals surface area (Å²) in [5.74, 6) is -0.642. The average Bonchev–Trinajstić information content (AvgIpc) is 3.59. The summed E-state index contributed by atoms with van der Waals surface area (Å²) in [6, 6.07) is 16.3. The Morgan fingerprint density at radius 1 is 0.976 bits per heavy atom. The van der Waals surface area contributed by atoms with Crippen LogP contribution in [0.25, 0.3) is 11.1 Å². The summed E-state index contributed by atoms with van der Waals surface area (Å²) in [5, 5.41) is 10.7. The molecule has 2 aliphatic carbocycles. The molecule has 8 heteroatoms. The molecular weight excluding hydrogens is 532 g/mol. The van der Waals surface area contributed by atoms with Crippen LogP contribution in [0.2, 0.25) is 0 Å². The van der Waals surface area contributed by atoms with Gasteiger partial charge in [-0.3, -0.25) is 4.90 Å². The molecule has 0 aromatic heterocycles. The van der Waals surface area contributed by atoms with Crippen molar-refractivity contribution in [1.29, 1.82) is 0 Å². The van der Waals surface area contributed by atoms with Crippen LogP contribution in [0.3, 0.4) is 0 Å². The highest BCUT2D eigenvalue weighted by molar-refractivity contribution is 5.86. The quantitative estimate of drug-likeness (QED) is 0.361. The molecule has 1 atom stereocenters. The van der Waals surface area contributed by atoms with Gasteiger partial charge in [-0.2, -0.15) is 0 Å². The molecule has 0 bridgehead atoms. The summed E-state index contributed by atoms with van der Waals surface area (Å²) in [6.45, 7) is 5.97. The minimum Gasteiger partial charge on any atom is -0.479 e. The Bertz CT molecular complexity index is 1250. The van der Waals surface area contributed by atoms with Crippen molar-refractivity contribution in [2.75, 3.05) is 26.2 Å². The van der Waals surface area contributed by atoms with E-state index in [1.165, 1.54) is 35.5 Å². The van der Waals surface area contributed by atoms with Gasteiger partial charge in [0.25, 0.3) is 0 Å². The number of aliphatic carboxylic acids is 1. The maximum Gasteiger partial charge on any atom is 0.410 e. The third-order valence-electron chi connectivity index (χ3n) is 9.06. The zero-order valence-electron chi connectivity index (χ0n) is 25.1. The van der Waals surface area contributed by atoms with E-state index >= 15 is 0 Å². The highest BCUT2D eigenvalue weighted by atomic mass is 16.6. The Labute approximate surface area is 249 Å². The molecule has 1 unspecified atom stereocenters. The van der Waals surface area contributed by atoms with Gasteiger partial charge in [-0.05, 0) is 74.6 Å². The first-order valence-corrected chi connectivity index (χ1v) is 15.4. The average molecular weight is 577 g/mol. The Morgan fingerprint density at radius 3 is 2.19 bits per heavy atom. The number of carbonyl (C=O) groups is 3. The number of amides is 2. The van der Waals surface area contributed by atoms with E-state index in [4.69, 9.17) is 9.47 Å². The monoisotopic (exact) mass is 576 g/mol. The molecule has 1 heterocycles. The number of ether oxygens (including phenoxy) is 2. The first-order valence-electron chi connectivity index (χ1n) is 15.4. The standard InChI is InChI=1S/C34H44N2O6/c1-33(2,3)42-31(39)35-20-11-19-34(23-35,30(37)38)36(21-10-14-24-12-4-5-13-24)32(40)41-22-29-27-17-8-6-15-25(27)26-16-7-9-18-28(26)29/h6-9,15-18,24,29H,4-5,10-14,19-23H2,1-3H3,(H,37,38). The molecule has 226 valence electrons. The summed E-state index contributed by atoms with van der Waals surface area (Å²) in [6.07, 6.45) is 5.94. The van der Waals surface area contributed by atoms with Crippen molar-refractivity contribution < 1.29 is 29.0 Å². The van der Waals surface area contributed by atoms with Gasteiger partial charge in [0.15, 0.2) is 5.54 Å². The Balaban J connectivity index is 1.38. The summed E-state index contributed by atoms with van der Waals surface area (Å²) in [5.41, 5.74) is 2.15. The zero-order chi connectivity index (χ0) is 29.9. The fourth-order valence-electron chi connectivity index (χ4n) is 7.02. The highest BCUT2D eigenvalue weighted by Crippen LogP contribution is 2.44. The molecular formula is C34H44N2O6. The number of likely N-dealkylation sites (tertiary alicyclic amines) is 1. The largest absolute Gasteiger partial charge is 0.479 e. The number of rotatable bonds is 8. The normalized spacial score (nSPS) is 20.6. The zero-order valence-corrected chi connectivity index (χ0v) is 25.1. The van der Waals surface area contributed by atoms with Crippen LogP contribution in [0.4, 0.5) is 9.59 Å². The van der Waals surface area contributed by atoms with Gasteiger partial charge >= 0.3 is 18.2 Å². The van der Waals surface area contributed by atoms with Crippen LogP contribution in [0, 0.1) is 5.92 Å². The number of nitrogens with zero attached hydrogens (tertiary/aromatic N) is 2. The Morgan fingerprint density at radius 2 is 1.60 bits per heavy atom. The van der Waals surface area contributed by atoms with E-state index in [9.17, 15) is 19.5 Å². The fourth-order valence-corrected chi connectivity index (χ4v) is 7.02. The van der Waals surface area contributed by atoms with Gasteiger partial charge in [-0.15, -0.1) is 0 Å². The minimum atomic E-state index is -1.59. The lowest BCUT2D eigenvalue weighted by Crippen LogP contribution is -2.66. The minimum absolute atomic E-state index is 0.109. The Hall–Kier alpha value is -3.55. The van der Waals surface area contributed by atoms with Crippen LogP contribution in [0.15, 0.2) is 48.5 Å². The molecule has 1 saturated carbocycles. The number of hydrogen-bond donors (Lipinski definition) is 1. The van der Waals surface area contributed by atoms with Crippen molar-refractivity contribution in [2.45, 2.75) is 89.2 Å². The number of fused-ring (bicyclic) bond motifs is 3. The molecule has 2 amide bonds. The van der Waals surface area contributed by atoms with Crippen molar-refractivity contribution in [2.24, 2.45) is 5.92 Å². The van der Waals surface area contributed by atoms with Crippen molar-refractivity contribution in [3.63, 3.8) is 0 Å². The topological polar surface area (TPSA) is 96.4 Å². The van der Waals surface area contributed by atoms with Crippen molar-refractivity contribution in [1.82, 2.24) is 9.80 Å². The van der Waals surface area contributed by atoms with E-state index in [1.807, 2.05) is 24.3 Å². The van der Waals surface area contributed by atoms with Crippen molar-refractivity contribution in [3.8, 4) is 11.1 Å². The van der Waals surface area contributed by atoms with Crippen LogP contribution >= 0.6 is 0 Å². The second-order valence-electron chi connectivity index (χ2n) is 13.1.